The summed E-state index contributed by atoms with van der Waals surface area (Å²) in [4.78, 5) is 18.2. The lowest BCUT2D eigenvalue weighted by atomic mass is 10.2. The minimum Gasteiger partial charge on any atom is -0.397 e. The molecule has 0 aliphatic heterocycles. The molecule has 2 aromatic rings. The van der Waals surface area contributed by atoms with E-state index in [0.717, 1.165) is 18.0 Å². The summed E-state index contributed by atoms with van der Waals surface area (Å²) >= 11 is 1.76. The Morgan fingerprint density at radius 3 is 3.12 bits per heavy atom. The maximum Gasteiger partial charge on any atom is 0.258 e. The molecule has 0 spiro atoms. The Balaban J connectivity index is 2.38. The number of nitrogen functional groups attached to an aromatic ring is 1. The van der Waals surface area contributed by atoms with Gasteiger partial charge in [-0.25, -0.2) is 4.98 Å². The van der Waals surface area contributed by atoms with E-state index in [1.807, 2.05) is 6.26 Å². The fourth-order valence-electron chi connectivity index (χ4n) is 1.57. The van der Waals surface area contributed by atoms with Gasteiger partial charge in [0.25, 0.3) is 5.56 Å². The van der Waals surface area contributed by atoms with E-state index in [4.69, 9.17) is 5.73 Å². The van der Waals surface area contributed by atoms with Gasteiger partial charge < -0.3 is 16.0 Å². The number of H-pyrrole nitrogens is 1. The largest absolute Gasteiger partial charge is 0.397 e. The molecule has 1 aromatic heterocycles. The second kappa shape index (κ2) is 5.09. The Morgan fingerprint density at radius 1 is 1.53 bits per heavy atom. The molecule has 17 heavy (non-hydrogen) atoms. The smallest absolute Gasteiger partial charge is 0.258 e. The van der Waals surface area contributed by atoms with Crippen LogP contribution in [0.15, 0.2) is 23.3 Å². The van der Waals surface area contributed by atoms with Crippen molar-refractivity contribution >= 4 is 34.0 Å². The SMILES string of the molecule is CSCCNc1cc2nc[nH]c(=O)c2cc1N. The normalized spacial score (nSPS) is 10.6. The third-order valence-corrected chi connectivity index (χ3v) is 3.05. The van der Waals surface area contributed by atoms with Gasteiger partial charge in [-0.15, -0.1) is 0 Å². The van der Waals surface area contributed by atoms with E-state index < -0.39 is 0 Å². The lowest BCUT2D eigenvalue weighted by Gasteiger charge is -2.09. The molecule has 1 aromatic carbocycles. The number of aromatic nitrogens is 2. The molecule has 0 radical (unpaired) electrons. The molecule has 0 bridgehead atoms. The van der Waals surface area contributed by atoms with Crippen molar-refractivity contribution in [3.8, 4) is 0 Å². The van der Waals surface area contributed by atoms with Gasteiger partial charge in [0.2, 0.25) is 0 Å². The van der Waals surface area contributed by atoms with E-state index in [9.17, 15) is 4.79 Å². The Bertz CT molecular complexity index is 581. The molecule has 0 saturated heterocycles. The van der Waals surface area contributed by atoms with Crippen LogP contribution in [0.2, 0.25) is 0 Å². The molecule has 6 heteroatoms. The quantitative estimate of drug-likeness (QED) is 0.562. The van der Waals surface area contributed by atoms with Gasteiger partial charge in [-0.1, -0.05) is 0 Å². The van der Waals surface area contributed by atoms with E-state index in [1.54, 1.807) is 23.9 Å². The van der Waals surface area contributed by atoms with Crippen molar-refractivity contribution in [2.45, 2.75) is 0 Å². The number of thioether (sulfide) groups is 1. The number of nitrogens with one attached hydrogen (secondary N) is 2. The van der Waals surface area contributed by atoms with Crippen molar-refractivity contribution in [3.05, 3.63) is 28.8 Å². The summed E-state index contributed by atoms with van der Waals surface area (Å²) in [6.07, 6.45) is 3.44. The van der Waals surface area contributed by atoms with Gasteiger partial charge in [-0.2, -0.15) is 11.8 Å². The monoisotopic (exact) mass is 250 g/mol. The standard InChI is InChI=1S/C11H14N4OS/c1-17-3-2-13-10-5-9-7(4-8(10)12)11(16)15-6-14-9/h4-6,13H,2-3,12H2,1H3,(H,14,15,16). The number of benzene rings is 1. The van der Waals surface area contributed by atoms with Crippen LogP contribution in [0.1, 0.15) is 0 Å². The maximum absolute atomic E-state index is 11.5. The Labute approximate surface area is 103 Å². The van der Waals surface area contributed by atoms with Crippen LogP contribution in [0, 0.1) is 0 Å². The first kappa shape index (κ1) is 11.8. The van der Waals surface area contributed by atoms with Gasteiger partial charge >= 0.3 is 0 Å². The van der Waals surface area contributed by atoms with Crippen LogP contribution in [-0.4, -0.2) is 28.5 Å². The van der Waals surface area contributed by atoms with Crippen molar-refractivity contribution in [1.82, 2.24) is 9.97 Å². The molecule has 2 rings (SSSR count). The van der Waals surface area contributed by atoms with Crippen LogP contribution in [0.3, 0.4) is 0 Å². The van der Waals surface area contributed by atoms with Crippen molar-refractivity contribution < 1.29 is 0 Å². The number of aromatic amines is 1. The molecule has 0 saturated carbocycles. The third-order valence-electron chi connectivity index (χ3n) is 2.43. The molecular weight excluding hydrogens is 236 g/mol. The van der Waals surface area contributed by atoms with Gasteiger partial charge in [-0.3, -0.25) is 4.79 Å². The first-order valence-electron chi connectivity index (χ1n) is 5.22. The van der Waals surface area contributed by atoms with Crippen LogP contribution in [0.5, 0.6) is 0 Å². The van der Waals surface area contributed by atoms with Crippen molar-refractivity contribution in [2.75, 3.05) is 29.6 Å². The highest BCUT2D eigenvalue weighted by Gasteiger charge is 2.05. The Kier molecular flexibility index (Phi) is 3.53. The van der Waals surface area contributed by atoms with Crippen molar-refractivity contribution in [2.24, 2.45) is 0 Å². The molecule has 0 fully saturated rings. The Morgan fingerprint density at radius 2 is 2.35 bits per heavy atom. The van der Waals surface area contributed by atoms with Gasteiger partial charge in [0.15, 0.2) is 0 Å². The summed E-state index contributed by atoms with van der Waals surface area (Å²) < 4.78 is 0. The second-order valence-corrected chi connectivity index (χ2v) is 4.59. The fourth-order valence-corrected chi connectivity index (χ4v) is 1.88. The summed E-state index contributed by atoms with van der Waals surface area (Å²) in [6, 6.07) is 3.46. The summed E-state index contributed by atoms with van der Waals surface area (Å²) in [6.45, 7) is 0.833. The number of anilines is 2. The van der Waals surface area contributed by atoms with E-state index in [2.05, 4.69) is 15.3 Å². The molecule has 0 atom stereocenters. The number of rotatable bonds is 4. The van der Waals surface area contributed by atoms with Crippen LogP contribution in [0.4, 0.5) is 11.4 Å². The molecule has 90 valence electrons. The topological polar surface area (TPSA) is 83.8 Å². The van der Waals surface area contributed by atoms with Gasteiger partial charge in [0.05, 0.1) is 28.6 Å². The summed E-state index contributed by atoms with van der Waals surface area (Å²) in [5, 5.41) is 3.74. The molecular formula is C11H14N4OS. The first-order valence-corrected chi connectivity index (χ1v) is 6.61. The lowest BCUT2D eigenvalue weighted by Crippen LogP contribution is -2.10. The highest BCUT2D eigenvalue weighted by Crippen LogP contribution is 2.22. The third kappa shape index (κ3) is 2.52. The zero-order valence-electron chi connectivity index (χ0n) is 9.49. The highest BCUT2D eigenvalue weighted by atomic mass is 32.2. The predicted molar refractivity (Wildman–Crippen MR) is 73.6 cm³/mol. The summed E-state index contributed by atoms with van der Waals surface area (Å²) in [7, 11) is 0. The van der Waals surface area contributed by atoms with Crippen LogP contribution in [0.25, 0.3) is 10.9 Å². The highest BCUT2D eigenvalue weighted by molar-refractivity contribution is 7.98. The summed E-state index contributed by atoms with van der Waals surface area (Å²) in [5.74, 6) is 1.00. The first-order chi connectivity index (χ1) is 8.22. The molecule has 0 unspecified atom stereocenters. The van der Waals surface area contributed by atoms with Gasteiger partial charge in [-0.05, 0) is 18.4 Å². The number of hydrogen-bond acceptors (Lipinski definition) is 5. The second-order valence-electron chi connectivity index (χ2n) is 3.61. The van der Waals surface area contributed by atoms with Crippen LogP contribution >= 0.6 is 11.8 Å². The fraction of sp³-hybridized carbons (Fsp3) is 0.273. The predicted octanol–water partition coefficient (Wildman–Crippen LogP) is 1.28. The molecule has 1 heterocycles. The van der Waals surface area contributed by atoms with Crippen LogP contribution < -0.4 is 16.6 Å². The number of nitrogens with two attached hydrogens (primary N) is 1. The Hall–Kier alpha value is -1.69. The van der Waals surface area contributed by atoms with E-state index in [1.165, 1.54) is 6.33 Å². The lowest BCUT2D eigenvalue weighted by molar-refractivity contribution is 1.17. The number of nitrogens with zero attached hydrogens (tertiary/aromatic N) is 1. The zero-order valence-corrected chi connectivity index (χ0v) is 10.3. The molecule has 0 amide bonds. The average molecular weight is 250 g/mol. The van der Waals surface area contributed by atoms with Crippen molar-refractivity contribution in [1.29, 1.82) is 0 Å². The molecule has 5 nitrogen and oxygen atoms in total. The van der Waals surface area contributed by atoms with E-state index in [0.29, 0.717) is 16.6 Å². The van der Waals surface area contributed by atoms with E-state index in [-0.39, 0.29) is 5.56 Å². The van der Waals surface area contributed by atoms with Crippen molar-refractivity contribution in [3.63, 3.8) is 0 Å². The van der Waals surface area contributed by atoms with Gasteiger partial charge in [0, 0.05) is 12.3 Å². The minimum atomic E-state index is -0.169. The van der Waals surface area contributed by atoms with Crippen LogP contribution in [-0.2, 0) is 0 Å². The van der Waals surface area contributed by atoms with E-state index >= 15 is 0 Å². The maximum atomic E-state index is 11.5. The number of fused-ring (bicyclic) bond motifs is 1. The number of hydrogen-bond donors (Lipinski definition) is 3. The molecule has 0 aliphatic carbocycles. The summed E-state index contributed by atoms with van der Waals surface area (Å²) in [5.41, 5.74) is 7.76. The minimum absolute atomic E-state index is 0.169. The zero-order chi connectivity index (χ0) is 12.3. The van der Waals surface area contributed by atoms with Gasteiger partial charge in [0.1, 0.15) is 0 Å². The molecule has 4 N–H and O–H groups in total. The average Bonchev–Trinajstić information content (AvgIpc) is 2.31. The molecule has 0 aliphatic rings.